The van der Waals surface area contributed by atoms with Crippen molar-refractivity contribution >= 4 is 34.2 Å². The summed E-state index contributed by atoms with van der Waals surface area (Å²) in [6.07, 6.45) is 0.179. The molecule has 0 unspecified atom stereocenters. The van der Waals surface area contributed by atoms with Gasteiger partial charge in [-0.15, -0.1) is 11.3 Å². The normalized spacial score (nSPS) is 14.2. The smallest absolute Gasteiger partial charge is 0.410 e. The molecule has 9 nitrogen and oxygen atoms in total. The summed E-state index contributed by atoms with van der Waals surface area (Å²) in [7, 11) is 0. The Morgan fingerprint density at radius 1 is 1.27 bits per heavy atom. The monoisotopic (exact) mass is 431 g/mol. The highest BCUT2D eigenvalue weighted by Gasteiger charge is 2.30. The maximum atomic E-state index is 12.6. The van der Waals surface area contributed by atoms with Gasteiger partial charge in [0.05, 0.1) is 25.1 Å². The van der Waals surface area contributed by atoms with Gasteiger partial charge in [-0.25, -0.2) is 4.79 Å². The molecule has 0 fully saturated rings. The van der Waals surface area contributed by atoms with Gasteiger partial charge in [0, 0.05) is 11.4 Å². The van der Waals surface area contributed by atoms with Gasteiger partial charge in [-0.1, -0.05) is 6.07 Å². The van der Waals surface area contributed by atoms with Crippen molar-refractivity contribution in [1.82, 2.24) is 4.90 Å². The van der Waals surface area contributed by atoms with E-state index in [9.17, 15) is 14.4 Å². The molecule has 0 bridgehead atoms. The Kier molecular flexibility index (Phi) is 5.49. The number of thiophene rings is 1. The van der Waals surface area contributed by atoms with Gasteiger partial charge in [0.1, 0.15) is 5.00 Å². The summed E-state index contributed by atoms with van der Waals surface area (Å²) in [6, 6.07) is 5.31. The third-order valence-corrected chi connectivity index (χ3v) is 6.02. The van der Waals surface area contributed by atoms with Gasteiger partial charge in [-0.2, -0.15) is 0 Å². The molecule has 0 radical (unpaired) electrons. The maximum Gasteiger partial charge on any atom is 0.410 e. The Morgan fingerprint density at radius 2 is 2.07 bits per heavy atom. The number of benzene rings is 1. The van der Waals surface area contributed by atoms with Gasteiger partial charge < -0.3 is 30.2 Å². The lowest BCUT2D eigenvalue weighted by Crippen LogP contribution is -2.36. The Bertz CT molecular complexity index is 1020. The fraction of sp³-hybridized carbons (Fsp3) is 0.350. The number of rotatable bonds is 5. The number of ether oxygens (including phenoxy) is 3. The fourth-order valence-corrected chi connectivity index (χ4v) is 4.81. The molecule has 1 aromatic carbocycles. The summed E-state index contributed by atoms with van der Waals surface area (Å²) >= 11 is 1.26. The molecule has 2 aliphatic heterocycles. The number of primary amides is 1. The minimum atomic E-state index is -0.601. The molecule has 4 rings (SSSR count). The average molecular weight is 431 g/mol. The van der Waals surface area contributed by atoms with Crippen LogP contribution in [0.5, 0.6) is 11.5 Å². The van der Waals surface area contributed by atoms with Crippen molar-refractivity contribution in [2.75, 3.05) is 25.3 Å². The SMILES string of the molecule is CCOC(=O)N1CCc2c(sc(NC(=O)Cc3ccc4c(c3)OCO4)c2C(N)=O)C1. The first kappa shape index (κ1) is 20.0. The van der Waals surface area contributed by atoms with E-state index in [1.165, 1.54) is 11.3 Å². The number of hydrogen-bond acceptors (Lipinski definition) is 7. The van der Waals surface area contributed by atoms with E-state index < -0.39 is 12.0 Å². The Balaban J connectivity index is 1.50. The molecule has 3 amide bonds. The van der Waals surface area contributed by atoms with Gasteiger partial charge in [0.25, 0.3) is 5.91 Å². The van der Waals surface area contributed by atoms with Gasteiger partial charge in [0.2, 0.25) is 12.7 Å². The molecular weight excluding hydrogens is 410 g/mol. The van der Waals surface area contributed by atoms with E-state index in [0.29, 0.717) is 48.2 Å². The Hall–Kier alpha value is -3.27. The van der Waals surface area contributed by atoms with Crippen LogP contribution in [-0.4, -0.2) is 42.8 Å². The number of carbonyl (C=O) groups excluding carboxylic acids is 3. The van der Waals surface area contributed by atoms with Crippen molar-refractivity contribution in [3.05, 3.63) is 39.8 Å². The first-order valence-electron chi connectivity index (χ1n) is 9.50. The van der Waals surface area contributed by atoms with E-state index in [1.807, 2.05) is 0 Å². The molecule has 3 heterocycles. The summed E-state index contributed by atoms with van der Waals surface area (Å²) in [6.45, 7) is 2.94. The van der Waals surface area contributed by atoms with Gasteiger partial charge in [0.15, 0.2) is 11.5 Å². The molecule has 0 saturated carbocycles. The van der Waals surface area contributed by atoms with Crippen LogP contribution in [0.4, 0.5) is 9.80 Å². The maximum absolute atomic E-state index is 12.6. The van der Waals surface area contributed by atoms with Crippen LogP contribution >= 0.6 is 11.3 Å². The molecule has 2 aliphatic rings. The molecule has 0 aliphatic carbocycles. The van der Waals surface area contributed by atoms with E-state index in [-0.39, 0.29) is 19.1 Å². The second-order valence-electron chi connectivity index (χ2n) is 6.86. The minimum absolute atomic E-state index is 0.104. The molecule has 30 heavy (non-hydrogen) atoms. The average Bonchev–Trinajstić information content (AvgIpc) is 3.30. The number of hydrogen-bond donors (Lipinski definition) is 2. The molecular formula is C20H21N3O6S. The Labute approximate surface area is 176 Å². The highest BCUT2D eigenvalue weighted by atomic mass is 32.1. The zero-order chi connectivity index (χ0) is 21.3. The number of nitrogens with zero attached hydrogens (tertiary/aromatic N) is 1. The highest BCUT2D eigenvalue weighted by molar-refractivity contribution is 7.17. The number of amides is 3. The zero-order valence-corrected chi connectivity index (χ0v) is 17.2. The summed E-state index contributed by atoms with van der Waals surface area (Å²) in [5.41, 5.74) is 7.45. The van der Waals surface area contributed by atoms with E-state index in [2.05, 4.69) is 5.32 Å². The minimum Gasteiger partial charge on any atom is -0.454 e. The lowest BCUT2D eigenvalue weighted by molar-refractivity contribution is -0.115. The highest BCUT2D eigenvalue weighted by Crippen LogP contribution is 2.37. The van der Waals surface area contributed by atoms with Crippen LogP contribution in [0.1, 0.15) is 33.3 Å². The predicted octanol–water partition coefficient (Wildman–Crippen LogP) is 2.27. The molecule has 3 N–H and O–H groups in total. The van der Waals surface area contributed by atoms with Gasteiger partial charge in [-0.05, 0) is 36.6 Å². The lowest BCUT2D eigenvalue weighted by atomic mass is 10.0. The molecule has 0 atom stereocenters. The molecule has 158 valence electrons. The van der Waals surface area contributed by atoms with Crippen LogP contribution in [0, 0.1) is 0 Å². The van der Waals surface area contributed by atoms with Crippen molar-refractivity contribution in [2.24, 2.45) is 5.73 Å². The number of carbonyl (C=O) groups is 3. The molecule has 10 heteroatoms. The van der Waals surface area contributed by atoms with Crippen molar-refractivity contribution in [2.45, 2.75) is 26.3 Å². The zero-order valence-electron chi connectivity index (χ0n) is 16.4. The predicted molar refractivity (Wildman–Crippen MR) is 109 cm³/mol. The largest absolute Gasteiger partial charge is 0.454 e. The molecule has 2 aromatic rings. The topological polar surface area (TPSA) is 120 Å². The van der Waals surface area contributed by atoms with Crippen molar-refractivity contribution in [1.29, 1.82) is 0 Å². The fourth-order valence-electron chi connectivity index (χ4n) is 3.53. The van der Waals surface area contributed by atoms with Crippen LogP contribution in [0.15, 0.2) is 18.2 Å². The molecule has 1 aromatic heterocycles. The molecule has 0 saturated heterocycles. The second-order valence-corrected chi connectivity index (χ2v) is 7.96. The standard InChI is InChI=1S/C20H21N3O6S/c1-2-27-20(26)23-6-5-12-15(9-23)30-19(17(12)18(21)25)22-16(24)8-11-3-4-13-14(7-11)29-10-28-13/h3-4,7H,2,5-6,8-10H2,1H3,(H2,21,25)(H,22,24). The quantitative estimate of drug-likeness (QED) is 0.749. The summed E-state index contributed by atoms with van der Waals surface area (Å²) in [4.78, 5) is 39.1. The van der Waals surface area contributed by atoms with E-state index in [1.54, 1.807) is 30.0 Å². The third kappa shape index (κ3) is 3.90. The van der Waals surface area contributed by atoms with E-state index >= 15 is 0 Å². The first-order valence-corrected chi connectivity index (χ1v) is 10.3. The van der Waals surface area contributed by atoms with E-state index in [0.717, 1.165) is 16.0 Å². The van der Waals surface area contributed by atoms with Crippen LogP contribution in [-0.2, 0) is 28.9 Å². The summed E-state index contributed by atoms with van der Waals surface area (Å²) in [5, 5.41) is 3.21. The van der Waals surface area contributed by atoms with Crippen LogP contribution in [0.25, 0.3) is 0 Å². The number of fused-ring (bicyclic) bond motifs is 2. The number of anilines is 1. The number of nitrogens with two attached hydrogens (primary N) is 1. The van der Waals surface area contributed by atoms with Crippen molar-refractivity contribution < 1.29 is 28.6 Å². The molecule has 0 spiro atoms. The van der Waals surface area contributed by atoms with Gasteiger partial charge in [-0.3, -0.25) is 9.59 Å². The van der Waals surface area contributed by atoms with E-state index in [4.69, 9.17) is 19.9 Å². The third-order valence-electron chi connectivity index (χ3n) is 4.88. The summed E-state index contributed by atoms with van der Waals surface area (Å²) < 4.78 is 15.7. The van der Waals surface area contributed by atoms with Crippen LogP contribution < -0.4 is 20.5 Å². The van der Waals surface area contributed by atoms with Crippen LogP contribution in [0.2, 0.25) is 0 Å². The van der Waals surface area contributed by atoms with Crippen molar-refractivity contribution in [3.8, 4) is 11.5 Å². The number of nitrogens with one attached hydrogen (secondary N) is 1. The lowest BCUT2D eigenvalue weighted by Gasteiger charge is -2.26. The van der Waals surface area contributed by atoms with Crippen LogP contribution in [0.3, 0.4) is 0 Å². The van der Waals surface area contributed by atoms with Gasteiger partial charge >= 0.3 is 6.09 Å². The second kappa shape index (κ2) is 8.23. The Morgan fingerprint density at radius 3 is 2.83 bits per heavy atom. The first-order chi connectivity index (χ1) is 14.5. The van der Waals surface area contributed by atoms with Crippen molar-refractivity contribution in [3.63, 3.8) is 0 Å². The summed E-state index contributed by atoms with van der Waals surface area (Å²) in [5.74, 6) is 0.365.